The molecule has 0 spiro atoms. The van der Waals surface area contributed by atoms with Gasteiger partial charge >= 0.3 is 0 Å². The molecular formula is C15H22N2O2. The van der Waals surface area contributed by atoms with Crippen LogP contribution in [0, 0.1) is 6.92 Å². The van der Waals surface area contributed by atoms with Crippen molar-refractivity contribution in [2.45, 2.75) is 38.3 Å². The zero-order chi connectivity index (χ0) is 13.2. The van der Waals surface area contributed by atoms with Crippen LogP contribution in [0.1, 0.15) is 36.4 Å². The first-order valence-corrected chi connectivity index (χ1v) is 7.10. The van der Waals surface area contributed by atoms with E-state index in [4.69, 9.17) is 9.47 Å². The fourth-order valence-corrected chi connectivity index (χ4v) is 3.13. The predicted molar refractivity (Wildman–Crippen MR) is 74.7 cm³/mol. The number of ether oxygens (including phenoxy) is 2. The smallest absolute Gasteiger partial charge is 0.231 e. The van der Waals surface area contributed by atoms with Gasteiger partial charge in [-0.3, -0.25) is 0 Å². The minimum Gasteiger partial charge on any atom is -0.454 e. The van der Waals surface area contributed by atoms with Crippen LogP contribution in [-0.4, -0.2) is 26.4 Å². The second-order valence-corrected chi connectivity index (χ2v) is 5.38. The van der Waals surface area contributed by atoms with Crippen molar-refractivity contribution in [3.8, 4) is 11.5 Å². The van der Waals surface area contributed by atoms with Gasteiger partial charge in [0.1, 0.15) is 0 Å². The van der Waals surface area contributed by atoms with Crippen LogP contribution in [-0.2, 0) is 0 Å². The zero-order valence-corrected chi connectivity index (χ0v) is 11.7. The van der Waals surface area contributed by atoms with Crippen molar-refractivity contribution in [1.82, 2.24) is 10.6 Å². The van der Waals surface area contributed by atoms with Crippen LogP contribution >= 0.6 is 0 Å². The van der Waals surface area contributed by atoms with E-state index in [0.29, 0.717) is 18.9 Å². The number of rotatable bonds is 3. The number of hydrogen-bond donors (Lipinski definition) is 2. The Bertz CT molecular complexity index is 456. The van der Waals surface area contributed by atoms with Gasteiger partial charge in [0, 0.05) is 12.1 Å². The van der Waals surface area contributed by atoms with E-state index in [9.17, 15) is 0 Å². The molecule has 0 aromatic heterocycles. The second-order valence-electron chi connectivity index (χ2n) is 5.38. The highest BCUT2D eigenvalue weighted by Gasteiger charge is 2.26. The van der Waals surface area contributed by atoms with Gasteiger partial charge in [-0.1, -0.05) is 6.42 Å². The van der Waals surface area contributed by atoms with Crippen molar-refractivity contribution in [3.05, 3.63) is 23.3 Å². The topological polar surface area (TPSA) is 42.5 Å². The van der Waals surface area contributed by atoms with Gasteiger partial charge in [-0.25, -0.2) is 0 Å². The van der Waals surface area contributed by atoms with E-state index >= 15 is 0 Å². The van der Waals surface area contributed by atoms with E-state index in [2.05, 4.69) is 29.7 Å². The summed E-state index contributed by atoms with van der Waals surface area (Å²) in [6.45, 7) is 3.60. The highest BCUT2D eigenvalue weighted by Crippen LogP contribution is 2.37. The largest absolute Gasteiger partial charge is 0.454 e. The van der Waals surface area contributed by atoms with Crippen molar-refractivity contribution in [2.75, 3.05) is 20.4 Å². The van der Waals surface area contributed by atoms with Crippen LogP contribution in [0.15, 0.2) is 12.1 Å². The standard InChI is InChI=1S/C15H22N2O2/c1-10-7-13-14(19-9-18-13)8-11(10)15(16-2)12-5-3-4-6-17-12/h7-8,12,15-17H,3-6,9H2,1-2H3. The first-order valence-electron chi connectivity index (χ1n) is 7.10. The Morgan fingerprint density at radius 1 is 1.26 bits per heavy atom. The van der Waals surface area contributed by atoms with E-state index in [1.54, 1.807) is 0 Å². The van der Waals surface area contributed by atoms with Gasteiger partial charge in [0.2, 0.25) is 6.79 Å². The minimum absolute atomic E-state index is 0.329. The Kier molecular flexibility index (Phi) is 3.62. The summed E-state index contributed by atoms with van der Waals surface area (Å²) in [6.07, 6.45) is 3.81. The Labute approximate surface area is 114 Å². The first kappa shape index (κ1) is 12.8. The van der Waals surface area contributed by atoms with Crippen molar-refractivity contribution in [1.29, 1.82) is 0 Å². The minimum atomic E-state index is 0.329. The molecule has 0 saturated carbocycles. The molecule has 1 aromatic rings. The lowest BCUT2D eigenvalue weighted by molar-refractivity contribution is 0.174. The number of aryl methyl sites for hydroxylation is 1. The third kappa shape index (κ3) is 2.42. The highest BCUT2D eigenvalue weighted by molar-refractivity contribution is 5.49. The van der Waals surface area contributed by atoms with E-state index < -0.39 is 0 Å². The van der Waals surface area contributed by atoms with E-state index in [0.717, 1.165) is 18.0 Å². The Morgan fingerprint density at radius 2 is 2.05 bits per heavy atom. The van der Waals surface area contributed by atoms with E-state index in [1.807, 2.05) is 7.05 Å². The summed E-state index contributed by atoms with van der Waals surface area (Å²) >= 11 is 0. The SMILES string of the molecule is CNC(c1cc2c(cc1C)OCO2)C1CCCCN1. The Balaban J connectivity index is 1.90. The number of piperidine rings is 1. The van der Waals surface area contributed by atoms with Gasteiger partial charge in [-0.15, -0.1) is 0 Å². The summed E-state index contributed by atoms with van der Waals surface area (Å²) in [7, 11) is 2.03. The monoisotopic (exact) mass is 262 g/mol. The Morgan fingerprint density at radius 3 is 2.74 bits per heavy atom. The highest BCUT2D eigenvalue weighted by atomic mass is 16.7. The number of hydrogen-bond acceptors (Lipinski definition) is 4. The van der Waals surface area contributed by atoms with Crippen LogP contribution in [0.2, 0.25) is 0 Å². The van der Waals surface area contributed by atoms with Gasteiger partial charge in [0.25, 0.3) is 0 Å². The van der Waals surface area contributed by atoms with Crippen molar-refractivity contribution >= 4 is 0 Å². The summed E-state index contributed by atoms with van der Waals surface area (Å²) in [5.41, 5.74) is 2.57. The first-order chi connectivity index (χ1) is 9.29. The average molecular weight is 262 g/mol. The molecule has 0 aliphatic carbocycles. The molecule has 4 heteroatoms. The zero-order valence-electron chi connectivity index (χ0n) is 11.7. The van der Waals surface area contributed by atoms with Crippen molar-refractivity contribution in [3.63, 3.8) is 0 Å². The molecule has 2 N–H and O–H groups in total. The number of fused-ring (bicyclic) bond motifs is 1. The molecule has 104 valence electrons. The van der Waals surface area contributed by atoms with E-state index in [-0.39, 0.29) is 0 Å². The lowest BCUT2D eigenvalue weighted by Gasteiger charge is -2.32. The molecule has 1 fully saturated rings. The summed E-state index contributed by atoms with van der Waals surface area (Å²) in [6, 6.07) is 5.05. The molecule has 2 aliphatic heterocycles. The van der Waals surface area contributed by atoms with Gasteiger partial charge in [0.15, 0.2) is 11.5 Å². The van der Waals surface area contributed by atoms with Gasteiger partial charge < -0.3 is 20.1 Å². The van der Waals surface area contributed by atoms with Crippen molar-refractivity contribution < 1.29 is 9.47 Å². The predicted octanol–water partition coefficient (Wildman–Crippen LogP) is 2.13. The summed E-state index contributed by atoms with van der Waals surface area (Å²) in [5, 5.41) is 7.09. The molecule has 2 aliphatic rings. The molecule has 2 atom stereocenters. The third-order valence-electron chi connectivity index (χ3n) is 4.16. The number of benzene rings is 1. The lowest BCUT2D eigenvalue weighted by atomic mass is 9.90. The number of likely N-dealkylation sites (N-methyl/N-ethyl adjacent to an activating group) is 1. The summed E-state index contributed by atoms with van der Waals surface area (Å²) < 4.78 is 10.9. The maximum atomic E-state index is 5.51. The van der Waals surface area contributed by atoms with Crippen LogP contribution in [0.5, 0.6) is 11.5 Å². The molecule has 2 heterocycles. The van der Waals surface area contributed by atoms with Gasteiger partial charge in [-0.2, -0.15) is 0 Å². The van der Waals surface area contributed by atoms with E-state index in [1.165, 1.54) is 30.4 Å². The fraction of sp³-hybridized carbons (Fsp3) is 0.600. The molecule has 19 heavy (non-hydrogen) atoms. The molecule has 1 aromatic carbocycles. The number of nitrogens with one attached hydrogen (secondary N) is 2. The van der Waals surface area contributed by atoms with Crippen LogP contribution < -0.4 is 20.1 Å². The van der Waals surface area contributed by atoms with Crippen LogP contribution in [0.4, 0.5) is 0 Å². The maximum Gasteiger partial charge on any atom is 0.231 e. The molecule has 3 rings (SSSR count). The third-order valence-corrected chi connectivity index (χ3v) is 4.16. The summed E-state index contributed by atoms with van der Waals surface area (Å²) in [5.74, 6) is 1.74. The van der Waals surface area contributed by atoms with Crippen molar-refractivity contribution in [2.24, 2.45) is 0 Å². The van der Waals surface area contributed by atoms with Gasteiger partial charge in [0.05, 0.1) is 0 Å². The quantitative estimate of drug-likeness (QED) is 0.875. The summed E-state index contributed by atoms with van der Waals surface area (Å²) in [4.78, 5) is 0. The molecule has 0 bridgehead atoms. The van der Waals surface area contributed by atoms with Gasteiger partial charge in [-0.05, 0) is 56.6 Å². The van der Waals surface area contributed by atoms with Crippen LogP contribution in [0.3, 0.4) is 0 Å². The second kappa shape index (κ2) is 5.39. The lowest BCUT2D eigenvalue weighted by Crippen LogP contribution is -2.43. The molecule has 0 radical (unpaired) electrons. The molecule has 4 nitrogen and oxygen atoms in total. The average Bonchev–Trinajstić information content (AvgIpc) is 2.88. The van der Waals surface area contributed by atoms with Crippen LogP contribution in [0.25, 0.3) is 0 Å². The molecule has 0 amide bonds. The maximum absolute atomic E-state index is 5.51. The molecule has 1 saturated heterocycles. The Hall–Kier alpha value is -1.26. The fourth-order valence-electron chi connectivity index (χ4n) is 3.13. The normalized spacial score (nSPS) is 23.4. The molecule has 2 unspecified atom stereocenters. The molecular weight excluding hydrogens is 240 g/mol.